The first-order valence-electron chi connectivity index (χ1n) is 6.99. The zero-order valence-corrected chi connectivity index (χ0v) is 12.0. The number of allylic oxidation sites excluding steroid dienone is 1. The van der Waals surface area contributed by atoms with Crippen LogP contribution in [-0.2, 0) is 0 Å². The molecule has 0 atom stereocenters. The first-order chi connectivity index (χ1) is 8.83. The Morgan fingerprint density at radius 1 is 1.11 bits per heavy atom. The molecule has 0 N–H and O–H groups in total. The highest BCUT2D eigenvalue weighted by molar-refractivity contribution is 6.30. The molecule has 1 aromatic carbocycles. The summed E-state index contributed by atoms with van der Waals surface area (Å²) >= 11 is 5.91. The van der Waals surface area contributed by atoms with Gasteiger partial charge in [-0.2, -0.15) is 0 Å². The number of hydrogen-bond donors (Lipinski definition) is 0. The lowest BCUT2D eigenvalue weighted by molar-refractivity contribution is 0.611. The molecule has 0 saturated heterocycles. The molecule has 1 aromatic rings. The highest BCUT2D eigenvalue weighted by Crippen LogP contribution is 2.11. The molecule has 98 valence electrons. The van der Waals surface area contributed by atoms with Crippen LogP contribution in [0.3, 0.4) is 0 Å². The van der Waals surface area contributed by atoms with E-state index in [9.17, 15) is 0 Å². The molecule has 1 heteroatoms. The molecule has 0 heterocycles. The Labute approximate surface area is 116 Å². The average molecular weight is 263 g/mol. The van der Waals surface area contributed by atoms with Crippen molar-refractivity contribution in [1.82, 2.24) is 0 Å². The zero-order valence-electron chi connectivity index (χ0n) is 11.3. The Balaban J connectivity index is 2.16. The van der Waals surface area contributed by atoms with Gasteiger partial charge in [0.25, 0.3) is 0 Å². The van der Waals surface area contributed by atoms with E-state index in [0.29, 0.717) is 0 Å². The molecule has 0 bridgehead atoms. The van der Waals surface area contributed by atoms with Crippen molar-refractivity contribution in [3.63, 3.8) is 0 Å². The molecule has 0 unspecified atom stereocenters. The van der Waals surface area contributed by atoms with Gasteiger partial charge in [-0.05, 0) is 42.7 Å². The fourth-order valence-electron chi connectivity index (χ4n) is 1.86. The monoisotopic (exact) mass is 262 g/mol. The Kier molecular flexibility index (Phi) is 8.38. The second-order valence-corrected chi connectivity index (χ2v) is 5.06. The van der Waals surface area contributed by atoms with Gasteiger partial charge in [-0.25, -0.2) is 0 Å². The number of rotatable bonds is 8. The fraction of sp³-hybridized carbons (Fsp3) is 0.471. The van der Waals surface area contributed by atoms with E-state index in [-0.39, 0.29) is 0 Å². The molecule has 0 spiro atoms. The molecule has 0 fully saturated rings. The quantitative estimate of drug-likeness (QED) is 0.383. The van der Waals surface area contributed by atoms with Crippen LogP contribution in [0, 0.1) is 0 Å². The number of unbranched alkanes of at least 4 members (excludes halogenated alkanes) is 6. The van der Waals surface area contributed by atoms with Crippen molar-refractivity contribution < 1.29 is 0 Å². The van der Waals surface area contributed by atoms with Gasteiger partial charge < -0.3 is 0 Å². The Hall–Kier alpha value is -0.970. The molecule has 0 radical (unpaired) electrons. The smallest absolute Gasteiger partial charge is 0.0412 e. The van der Waals surface area contributed by atoms with Gasteiger partial charge in [-0.3, -0.25) is 0 Å². The number of hydrogen-bond acceptors (Lipinski definition) is 0. The summed E-state index contributed by atoms with van der Waals surface area (Å²) in [6.07, 6.45) is 13.3. The van der Waals surface area contributed by atoms with Gasteiger partial charge in [0, 0.05) is 5.02 Å². The van der Waals surface area contributed by atoms with Crippen LogP contribution >= 0.6 is 11.6 Å². The minimum absolute atomic E-state index is 0.779. The number of halogens is 1. The highest BCUT2D eigenvalue weighted by atomic mass is 35.5. The van der Waals surface area contributed by atoms with Gasteiger partial charge in [0.05, 0.1) is 0 Å². The lowest BCUT2D eigenvalue weighted by Gasteiger charge is -1.96. The second-order valence-electron chi connectivity index (χ2n) is 4.63. The first kappa shape index (κ1) is 15.1. The Morgan fingerprint density at radius 2 is 1.89 bits per heavy atom. The van der Waals surface area contributed by atoms with Crippen molar-refractivity contribution in [3.8, 4) is 0 Å². The summed E-state index contributed by atoms with van der Waals surface area (Å²) in [5.74, 6) is 0. The van der Waals surface area contributed by atoms with Crippen molar-refractivity contribution in [1.29, 1.82) is 0 Å². The normalized spacial score (nSPS) is 9.89. The topological polar surface area (TPSA) is 0 Å². The molecule has 18 heavy (non-hydrogen) atoms. The van der Waals surface area contributed by atoms with Crippen LogP contribution in [-0.4, -0.2) is 0 Å². The minimum atomic E-state index is 0.779. The van der Waals surface area contributed by atoms with Gasteiger partial charge in [0.1, 0.15) is 0 Å². The van der Waals surface area contributed by atoms with Crippen molar-refractivity contribution in [2.75, 3.05) is 0 Å². The predicted molar refractivity (Wildman–Crippen MR) is 82.0 cm³/mol. The molecule has 0 amide bonds. The molecule has 0 aromatic heterocycles. The van der Waals surface area contributed by atoms with Crippen LogP contribution in [0.2, 0.25) is 5.02 Å². The summed E-state index contributed by atoms with van der Waals surface area (Å²) in [5, 5.41) is 0.779. The maximum atomic E-state index is 5.91. The van der Waals surface area contributed by atoms with Crippen LogP contribution in [0.5, 0.6) is 0 Å². The Morgan fingerprint density at radius 3 is 2.67 bits per heavy atom. The van der Waals surface area contributed by atoms with E-state index in [0.717, 1.165) is 17.0 Å². The van der Waals surface area contributed by atoms with Gasteiger partial charge >= 0.3 is 0 Å². The van der Waals surface area contributed by atoms with E-state index >= 15 is 0 Å². The summed E-state index contributed by atoms with van der Waals surface area (Å²) in [7, 11) is 0. The fourth-order valence-corrected chi connectivity index (χ4v) is 2.06. The molecule has 1 rings (SSSR count). The van der Waals surface area contributed by atoms with Crippen molar-refractivity contribution in [2.24, 2.45) is 0 Å². The molecule has 0 nitrogen and oxygen atoms in total. The van der Waals surface area contributed by atoms with Crippen molar-refractivity contribution >= 4 is 17.7 Å². The van der Waals surface area contributed by atoms with Crippen molar-refractivity contribution in [2.45, 2.75) is 51.9 Å². The summed E-state index contributed by atoms with van der Waals surface area (Å²) in [6.45, 7) is 2.25. The third kappa shape index (κ3) is 7.37. The molecular formula is C17H23Cl. The SMILES string of the molecule is CCCCCCCCC=C=Cc1cccc(Cl)c1. The third-order valence-electron chi connectivity index (χ3n) is 2.92. The maximum absolute atomic E-state index is 5.91. The second kappa shape index (κ2) is 10.00. The van der Waals surface area contributed by atoms with E-state index in [1.807, 2.05) is 30.3 Å². The minimum Gasteiger partial charge on any atom is -0.125 e. The van der Waals surface area contributed by atoms with E-state index in [1.54, 1.807) is 0 Å². The van der Waals surface area contributed by atoms with Gasteiger partial charge in [-0.1, -0.05) is 62.8 Å². The van der Waals surface area contributed by atoms with E-state index in [2.05, 4.69) is 18.7 Å². The lowest BCUT2D eigenvalue weighted by Crippen LogP contribution is -1.77. The standard InChI is InChI=1S/C17H23Cl/c1-2-3-4-5-6-7-8-9-10-12-16-13-11-14-17(18)15-16/h9,11-15H,2-8H2,1H3. The van der Waals surface area contributed by atoms with E-state index < -0.39 is 0 Å². The van der Waals surface area contributed by atoms with Crippen LogP contribution in [0.1, 0.15) is 57.4 Å². The summed E-state index contributed by atoms with van der Waals surface area (Å²) in [6, 6.07) is 7.84. The average Bonchev–Trinajstić information content (AvgIpc) is 2.37. The van der Waals surface area contributed by atoms with E-state index in [4.69, 9.17) is 11.6 Å². The van der Waals surface area contributed by atoms with Crippen LogP contribution in [0.4, 0.5) is 0 Å². The maximum Gasteiger partial charge on any atom is 0.0412 e. The first-order valence-corrected chi connectivity index (χ1v) is 7.37. The molecule has 0 saturated carbocycles. The van der Waals surface area contributed by atoms with Crippen LogP contribution in [0.25, 0.3) is 6.08 Å². The molecule has 0 aliphatic rings. The van der Waals surface area contributed by atoms with Gasteiger partial charge in [0.15, 0.2) is 0 Å². The summed E-state index contributed by atoms with van der Waals surface area (Å²) in [4.78, 5) is 0. The lowest BCUT2D eigenvalue weighted by atomic mass is 10.1. The predicted octanol–water partition coefficient (Wildman–Crippen LogP) is 6.26. The molecular weight excluding hydrogens is 240 g/mol. The molecule has 0 aliphatic heterocycles. The zero-order chi connectivity index (χ0) is 13.1. The van der Waals surface area contributed by atoms with E-state index in [1.165, 1.54) is 38.5 Å². The number of benzene rings is 1. The summed E-state index contributed by atoms with van der Waals surface area (Å²) in [5.41, 5.74) is 4.34. The summed E-state index contributed by atoms with van der Waals surface area (Å²) < 4.78 is 0. The highest BCUT2D eigenvalue weighted by Gasteiger charge is 1.88. The third-order valence-corrected chi connectivity index (χ3v) is 3.15. The Bertz CT molecular complexity index is 386. The van der Waals surface area contributed by atoms with Gasteiger partial charge in [0.2, 0.25) is 0 Å². The van der Waals surface area contributed by atoms with Crippen LogP contribution in [0.15, 0.2) is 36.1 Å². The van der Waals surface area contributed by atoms with Crippen LogP contribution < -0.4 is 0 Å². The van der Waals surface area contributed by atoms with Gasteiger partial charge in [-0.15, -0.1) is 5.73 Å². The largest absolute Gasteiger partial charge is 0.125 e. The molecule has 0 aliphatic carbocycles. The van der Waals surface area contributed by atoms with Crippen molar-refractivity contribution in [3.05, 3.63) is 46.7 Å².